The predicted molar refractivity (Wildman–Crippen MR) is 87.2 cm³/mol. The van der Waals surface area contributed by atoms with Gasteiger partial charge in [-0.25, -0.2) is 4.79 Å². The van der Waals surface area contributed by atoms with Crippen LogP contribution in [0.3, 0.4) is 0 Å². The first kappa shape index (κ1) is 17.9. The Hall–Kier alpha value is -2.90. The minimum atomic E-state index is -1.83. The predicted octanol–water partition coefficient (Wildman–Crippen LogP) is -1.37. The van der Waals surface area contributed by atoms with Gasteiger partial charge in [-0.05, 0) is 19.4 Å². The summed E-state index contributed by atoms with van der Waals surface area (Å²) in [5.41, 5.74) is -3.23. The molecule has 0 saturated carbocycles. The first-order valence-electron chi connectivity index (χ1n) is 8.12. The number of nitrogens with one attached hydrogen (secondary N) is 2. The van der Waals surface area contributed by atoms with Crippen molar-refractivity contribution in [3.8, 4) is 6.07 Å². The van der Waals surface area contributed by atoms with Crippen molar-refractivity contribution < 1.29 is 19.7 Å². The van der Waals surface area contributed by atoms with Gasteiger partial charge in [0.2, 0.25) is 0 Å². The molecule has 2 aliphatic rings. The van der Waals surface area contributed by atoms with Gasteiger partial charge in [-0.2, -0.15) is 5.26 Å². The lowest BCUT2D eigenvalue weighted by Crippen LogP contribution is -2.48. The number of nitrogens with zero attached hydrogens (tertiary/aromatic N) is 2. The second-order valence-electron chi connectivity index (χ2n) is 6.34. The summed E-state index contributed by atoms with van der Waals surface area (Å²) < 4.78 is 6.03. The van der Waals surface area contributed by atoms with Crippen molar-refractivity contribution in [2.24, 2.45) is 0 Å². The lowest BCUT2D eigenvalue weighted by atomic mass is 9.94. The summed E-state index contributed by atoms with van der Waals surface area (Å²) in [7, 11) is 0. The fourth-order valence-corrected chi connectivity index (χ4v) is 3.30. The highest BCUT2D eigenvalue weighted by molar-refractivity contribution is 5.76. The number of aliphatic hydroxyl groups excluding tert-OH is 2. The van der Waals surface area contributed by atoms with Crippen LogP contribution in [-0.4, -0.2) is 51.0 Å². The van der Waals surface area contributed by atoms with Crippen molar-refractivity contribution in [1.29, 1.82) is 5.26 Å². The molecule has 1 aliphatic heterocycles. The summed E-state index contributed by atoms with van der Waals surface area (Å²) >= 11 is 0. The Morgan fingerprint density at radius 1 is 1.50 bits per heavy atom. The van der Waals surface area contributed by atoms with E-state index in [1.54, 1.807) is 0 Å². The Bertz CT molecular complexity index is 904. The zero-order valence-corrected chi connectivity index (χ0v) is 13.8. The van der Waals surface area contributed by atoms with Crippen molar-refractivity contribution >= 4 is 5.97 Å². The first-order valence-corrected chi connectivity index (χ1v) is 8.12. The van der Waals surface area contributed by atoms with Crippen molar-refractivity contribution in [2.75, 3.05) is 13.2 Å². The molecule has 26 heavy (non-hydrogen) atoms. The number of aromatic nitrogens is 2. The van der Waals surface area contributed by atoms with Crippen LogP contribution in [0, 0.1) is 11.3 Å². The molecule has 1 aromatic rings. The maximum atomic E-state index is 12.0. The number of aliphatic hydroxyl groups is 2. The van der Waals surface area contributed by atoms with Gasteiger partial charge < -0.3 is 20.3 Å². The van der Waals surface area contributed by atoms with Crippen LogP contribution in [0.2, 0.25) is 0 Å². The van der Waals surface area contributed by atoms with Gasteiger partial charge in [0, 0.05) is 24.3 Å². The van der Waals surface area contributed by atoms with E-state index in [0.29, 0.717) is 6.42 Å². The molecule has 138 valence electrons. The van der Waals surface area contributed by atoms with E-state index in [-0.39, 0.29) is 18.6 Å². The zero-order valence-electron chi connectivity index (χ0n) is 13.8. The Balaban J connectivity index is 1.82. The molecule has 0 bridgehead atoms. The van der Waals surface area contributed by atoms with E-state index < -0.39 is 40.7 Å². The number of hydrogen-bond acceptors (Lipinski definition) is 8. The highest BCUT2D eigenvalue weighted by Gasteiger charge is 2.50. The fourth-order valence-electron chi connectivity index (χ4n) is 3.30. The molecule has 3 rings (SSSR count). The van der Waals surface area contributed by atoms with Crippen LogP contribution >= 0.6 is 0 Å². The van der Waals surface area contributed by atoms with Gasteiger partial charge >= 0.3 is 11.7 Å². The molecule has 1 saturated heterocycles. The van der Waals surface area contributed by atoms with Crippen LogP contribution in [0.4, 0.5) is 0 Å². The van der Waals surface area contributed by atoms with Gasteiger partial charge in [-0.3, -0.25) is 19.1 Å². The highest BCUT2D eigenvalue weighted by Crippen LogP contribution is 2.38. The Kier molecular flexibility index (Phi) is 4.67. The van der Waals surface area contributed by atoms with E-state index >= 15 is 0 Å². The van der Waals surface area contributed by atoms with E-state index in [0.717, 1.165) is 29.8 Å². The van der Waals surface area contributed by atoms with Crippen LogP contribution in [0.1, 0.15) is 19.3 Å². The second-order valence-corrected chi connectivity index (χ2v) is 6.34. The lowest BCUT2D eigenvalue weighted by Gasteiger charge is -2.27. The molecule has 1 aromatic heterocycles. The van der Waals surface area contributed by atoms with Crippen LogP contribution in [0.15, 0.2) is 33.2 Å². The van der Waals surface area contributed by atoms with E-state index in [4.69, 9.17) is 4.74 Å². The molecule has 0 spiro atoms. The quantitative estimate of drug-likeness (QED) is 0.478. The third-order valence-electron chi connectivity index (χ3n) is 4.74. The second kappa shape index (κ2) is 6.78. The molecule has 0 radical (unpaired) electrons. The van der Waals surface area contributed by atoms with Crippen molar-refractivity contribution in [1.82, 2.24) is 14.9 Å². The minimum Gasteiger partial charge on any atom is -0.509 e. The summed E-state index contributed by atoms with van der Waals surface area (Å²) in [5, 5.41) is 33.1. The van der Waals surface area contributed by atoms with Crippen LogP contribution in [0.5, 0.6) is 0 Å². The highest BCUT2D eigenvalue weighted by atomic mass is 16.5. The largest absolute Gasteiger partial charge is 0.509 e. The van der Waals surface area contributed by atoms with Crippen molar-refractivity contribution in [3.63, 3.8) is 0 Å². The Labute approximate surface area is 147 Å². The lowest BCUT2D eigenvalue weighted by molar-refractivity contribution is -0.144. The number of carbonyl (C=O) groups is 1. The van der Waals surface area contributed by atoms with Crippen LogP contribution in [0.25, 0.3) is 0 Å². The van der Waals surface area contributed by atoms with Gasteiger partial charge in [-0.15, -0.1) is 0 Å². The van der Waals surface area contributed by atoms with Crippen LogP contribution in [-0.2, 0) is 15.1 Å². The molecule has 1 unspecified atom stereocenters. The third kappa shape index (κ3) is 2.91. The van der Waals surface area contributed by atoms with Crippen molar-refractivity contribution in [3.05, 3.63) is 44.4 Å². The molecule has 1 fully saturated rings. The summed E-state index contributed by atoms with van der Waals surface area (Å²) in [6, 6.07) is 2.47. The number of esters is 1. The standard InChI is InChI=1S/C16H18N4O6/c17-8-16(20-5-3-11(21)19-15(20)25)6-9(12(22)13(16)23)7-26-14(24)10-2-1-4-18-10/h3,5,10,13,18,22-23H,1-2,4,6-7H2,(H,19,21,25)/t10-,13?,16-/m0/s1. The summed E-state index contributed by atoms with van der Waals surface area (Å²) in [5.74, 6) is -0.996. The van der Waals surface area contributed by atoms with Gasteiger partial charge in [0.1, 0.15) is 24.5 Å². The summed E-state index contributed by atoms with van der Waals surface area (Å²) in [6.45, 7) is 0.417. The molecule has 1 aliphatic carbocycles. The zero-order chi connectivity index (χ0) is 18.9. The first-order chi connectivity index (χ1) is 12.4. The van der Waals surface area contributed by atoms with E-state index in [1.165, 1.54) is 0 Å². The molecule has 3 atom stereocenters. The molecule has 10 nitrogen and oxygen atoms in total. The normalized spacial score (nSPS) is 28.2. The monoisotopic (exact) mass is 362 g/mol. The number of carbonyl (C=O) groups excluding carboxylic acids is 1. The maximum absolute atomic E-state index is 12.0. The smallest absolute Gasteiger partial charge is 0.329 e. The van der Waals surface area contributed by atoms with Gasteiger partial charge in [0.05, 0.1) is 6.07 Å². The number of aromatic amines is 1. The number of H-pyrrole nitrogens is 1. The molecule has 0 aromatic carbocycles. The van der Waals surface area contributed by atoms with Gasteiger partial charge in [0.15, 0.2) is 5.54 Å². The van der Waals surface area contributed by atoms with Gasteiger partial charge in [-0.1, -0.05) is 0 Å². The molecule has 2 heterocycles. The topological polar surface area (TPSA) is 157 Å². The SMILES string of the molecule is N#C[C@@]1(n2ccc(=O)[nH]c2=O)CC(COC(=O)[C@@H]2CCCN2)=C(O)C1O. The molecular formula is C16H18N4O6. The maximum Gasteiger partial charge on any atom is 0.329 e. The average molecular weight is 362 g/mol. The van der Waals surface area contributed by atoms with E-state index in [9.17, 15) is 29.9 Å². The third-order valence-corrected chi connectivity index (χ3v) is 4.74. The number of nitriles is 1. The minimum absolute atomic E-state index is 0.142. The molecule has 4 N–H and O–H groups in total. The number of ether oxygens (including phenoxy) is 1. The average Bonchev–Trinajstić information content (AvgIpc) is 3.23. The number of rotatable bonds is 4. The number of hydrogen-bond donors (Lipinski definition) is 4. The van der Waals surface area contributed by atoms with E-state index in [1.807, 2.05) is 11.1 Å². The summed E-state index contributed by atoms with van der Waals surface area (Å²) in [4.78, 5) is 37.2. The molecule has 10 heteroatoms. The Morgan fingerprint density at radius 2 is 2.27 bits per heavy atom. The molecular weight excluding hydrogens is 344 g/mol. The molecule has 0 amide bonds. The summed E-state index contributed by atoms with van der Waals surface area (Å²) in [6.07, 6.45) is 0.668. The van der Waals surface area contributed by atoms with E-state index in [2.05, 4.69) is 5.32 Å². The fraction of sp³-hybridized carbons (Fsp3) is 0.500. The van der Waals surface area contributed by atoms with Crippen molar-refractivity contribution in [2.45, 2.75) is 36.9 Å². The van der Waals surface area contributed by atoms with Crippen LogP contribution < -0.4 is 16.6 Å². The van der Waals surface area contributed by atoms with Gasteiger partial charge in [0.25, 0.3) is 5.56 Å². The Morgan fingerprint density at radius 3 is 2.88 bits per heavy atom.